The Morgan fingerprint density at radius 2 is 1.95 bits per heavy atom. The van der Waals surface area contributed by atoms with Crippen molar-refractivity contribution in [1.82, 2.24) is 5.32 Å². The molecule has 118 valence electrons. The number of cyclic esters (lactones) is 1. The van der Waals surface area contributed by atoms with E-state index in [1.54, 1.807) is 0 Å². The second kappa shape index (κ2) is 6.21. The molecule has 1 aromatic rings. The molecule has 2 atom stereocenters. The Kier molecular flexibility index (Phi) is 4.71. The number of ether oxygens (including phenoxy) is 1. The highest BCUT2D eigenvalue weighted by Gasteiger charge is 2.37. The number of nitrogens with one attached hydrogen (secondary N) is 1. The first kappa shape index (κ1) is 16.7. The molecule has 0 aromatic heterocycles. The second-order valence-electron chi connectivity index (χ2n) is 6.84. The smallest absolute Gasteiger partial charge is 0.333 e. The standard InChI is InChI=1S/C18H23NO2S/c1-11-6-8-13(9-7-11)15(19-17(22)18(3,4)5)14-10-21-16(20)12(14)2/h6-9,14-15H,2,10H2,1,3-5H3,(H,19,22). The van der Waals surface area contributed by atoms with Crippen molar-refractivity contribution >= 4 is 23.2 Å². The molecule has 0 saturated carbocycles. The number of hydrogen-bond donors (Lipinski definition) is 1. The van der Waals surface area contributed by atoms with Crippen LogP contribution >= 0.6 is 12.2 Å². The van der Waals surface area contributed by atoms with Gasteiger partial charge in [0.15, 0.2) is 0 Å². The number of carbonyl (C=O) groups is 1. The molecule has 3 nitrogen and oxygen atoms in total. The lowest BCUT2D eigenvalue weighted by molar-refractivity contribution is -0.135. The van der Waals surface area contributed by atoms with Crippen molar-refractivity contribution in [3.63, 3.8) is 0 Å². The maximum atomic E-state index is 11.7. The Bertz CT molecular complexity index is 599. The first-order valence-electron chi connectivity index (χ1n) is 7.43. The van der Waals surface area contributed by atoms with Crippen LogP contribution < -0.4 is 5.32 Å². The van der Waals surface area contributed by atoms with E-state index >= 15 is 0 Å². The molecule has 4 heteroatoms. The van der Waals surface area contributed by atoms with Crippen LogP contribution in [0.25, 0.3) is 0 Å². The normalized spacial score (nSPS) is 19.7. The van der Waals surface area contributed by atoms with Crippen molar-refractivity contribution in [3.8, 4) is 0 Å². The zero-order valence-corrected chi connectivity index (χ0v) is 14.4. The van der Waals surface area contributed by atoms with Crippen LogP contribution in [-0.4, -0.2) is 17.6 Å². The quantitative estimate of drug-likeness (QED) is 0.524. The van der Waals surface area contributed by atoms with Gasteiger partial charge < -0.3 is 10.1 Å². The maximum Gasteiger partial charge on any atom is 0.333 e. The van der Waals surface area contributed by atoms with Crippen LogP contribution in [0.15, 0.2) is 36.4 Å². The van der Waals surface area contributed by atoms with Crippen LogP contribution in [0.5, 0.6) is 0 Å². The van der Waals surface area contributed by atoms with Gasteiger partial charge in [0, 0.05) is 16.9 Å². The zero-order valence-electron chi connectivity index (χ0n) is 13.6. The molecule has 2 unspecified atom stereocenters. The van der Waals surface area contributed by atoms with E-state index in [1.165, 1.54) is 5.56 Å². The van der Waals surface area contributed by atoms with Crippen molar-refractivity contribution in [3.05, 3.63) is 47.5 Å². The lowest BCUT2D eigenvalue weighted by Gasteiger charge is -2.30. The summed E-state index contributed by atoms with van der Waals surface area (Å²) < 4.78 is 5.15. The minimum Gasteiger partial charge on any atom is -0.462 e. The summed E-state index contributed by atoms with van der Waals surface area (Å²) in [7, 11) is 0. The van der Waals surface area contributed by atoms with Gasteiger partial charge in [-0.1, -0.05) is 69.4 Å². The molecule has 1 heterocycles. The average molecular weight is 317 g/mol. The molecule has 0 aliphatic carbocycles. The Labute approximate surface area is 137 Å². The molecular weight excluding hydrogens is 294 g/mol. The first-order chi connectivity index (χ1) is 10.2. The molecule has 1 aliphatic rings. The molecule has 1 saturated heterocycles. The largest absolute Gasteiger partial charge is 0.462 e. The molecule has 22 heavy (non-hydrogen) atoms. The van der Waals surface area contributed by atoms with Gasteiger partial charge in [0.25, 0.3) is 0 Å². The van der Waals surface area contributed by atoms with Gasteiger partial charge in [-0.3, -0.25) is 0 Å². The van der Waals surface area contributed by atoms with E-state index in [-0.39, 0.29) is 23.3 Å². The van der Waals surface area contributed by atoms with E-state index in [9.17, 15) is 4.79 Å². The summed E-state index contributed by atoms with van der Waals surface area (Å²) in [6.45, 7) is 12.5. The third kappa shape index (κ3) is 3.55. The van der Waals surface area contributed by atoms with Crippen molar-refractivity contribution in [2.75, 3.05) is 6.61 Å². The summed E-state index contributed by atoms with van der Waals surface area (Å²) in [5.41, 5.74) is 2.65. The van der Waals surface area contributed by atoms with E-state index in [0.717, 1.165) is 10.6 Å². The summed E-state index contributed by atoms with van der Waals surface area (Å²) in [6, 6.07) is 8.14. The summed E-state index contributed by atoms with van der Waals surface area (Å²) in [4.78, 5) is 12.4. The molecule has 1 fully saturated rings. The number of carbonyl (C=O) groups excluding carboxylic acids is 1. The summed E-state index contributed by atoms with van der Waals surface area (Å²) in [5, 5.41) is 3.42. The molecule has 0 amide bonds. The predicted molar refractivity (Wildman–Crippen MR) is 92.7 cm³/mol. The molecule has 0 spiro atoms. The van der Waals surface area contributed by atoms with Crippen molar-refractivity contribution in [2.45, 2.75) is 33.7 Å². The molecule has 0 radical (unpaired) electrons. The predicted octanol–water partition coefficient (Wildman–Crippen LogP) is 3.73. The Morgan fingerprint density at radius 1 is 1.36 bits per heavy atom. The fraction of sp³-hybridized carbons (Fsp3) is 0.444. The van der Waals surface area contributed by atoms with Gasteiger partial charge >= 0.3 is 5.97 Å². The number of esters is 1. The fourth-order valence-corrected chi connectivity index (χ4v) is 2.48. The molecular formula is C18H23NO2S. The number of hydrogen-bond acceptors (Lipinski definition) is 3. The summed E-state index contributed by atoms with van der Waals surface area (Å²) in [6.07, 6.45) is 0. The Morgan fingerprint density at radius 3 is 2.41 bits per heavy atom. The highest BCUT2D eigenvalue weighted by Crippen LogP contribution is 2.33. The van der Waals surface area contributed by atoms with Crippen LogP contribution in [0, 0.1) is 18.3 Å². The van der Waals surface area contributed by atoms with Crippen LogP contribution in [-0.2, 0) is 9.53 Å². The minimum absolute atomic E-state index is 0.101. The monoisotopic (exact) mass is 317 g/mol. The van der Waals surface area contributed by atoms with Crippen LogP contribution in [0.4, 0.5) is 0 Å². The SMILES string of the molecule is C=C1C(=O)OCC1C(NC(=S)C(C)(C)C)c1ccc(C)cc1. The van der Waals surface area contributed by atoms with E-state index in [4.69, 9.17) is 17.0 Å². The van der Waals surface area contributed by atoms with Gasteiger partial charge in [0.1, 0.15) is 6.61 Å². The van der Waals surface area contributed by atoms with Gasteiger partial charge in [0.05, 0.1) is 11.0 Å². The molecule has 1 aromatic carbocycles. The third-order valence-corrected chi connectivity index (χ3v) is 4.64. The highest BCUT2D eigenvalue weighted by molar-refractivity contribution is 7.80. The molecule has 1 aliphatic heterocycles. The van der Waals surface area contributed by atoms with Crippen molar-refractivity contribution < 1.29 is 9.53 Å². The van der Waals surface area contributed by atoms with Crippen molar-refractivity contribution in [1.29, 1.82) is 0 Å². The number of aryl methyl sites for hydroxylation is 1. The molecule has 2 rings (SSSR count). The van der Waals surface area contributed by atoms with E-state index in [2.05, 4.69) is 56.9 Å². The van der Waals surface area contributed by atoms with Gasteiger partial charge in [-0.25, -0.2) is 4.79 Å². The average Bonchev–Trinajstić information content (AvgIpc) is 2.76. The second-order valence-corrected chi connectivity index (χ2v) is 7.25. The highest BCUT2D eigenvalue weighted by atomic mass is 32.1. The number of rotatable bonds is 3. The van der Waals surface area contributed by atoms with Gasteiger partial charge in [-0.15, -0.1) is 0 Å². The Balaban J connectivity index is 2.32. The van der Waals surface area contributed by atoms with Crippen molar-refractivity contribution in [2.24, 2.45) is 11.3 Å². The van der Waals surface area contributed by atoms with E-state index in [0.29, 0.717) is 12.2 Å². The fourth-order valence-electron chi connectivity index (χ4n) is 2.36. The van der Waals surface area contributed by atoms with E-state index < -0.39 is 0 Å². The summed E-state index contributed by atoms with van der Waals surface area (Å²) in [5.74, 6) is -0.416. The first-order valence-corrected chi connectivity index (χ1v) is 7.84. The van der Waals surface area contributed by atoms with Crippen LogP contribution in [0.3, 0.4) is 0 Å². The topological polar surface area (TPSA) is 38.3 Å². The van der Waals surface area contributed by atoms with Crippen LogP contribution in [0.1, 0.15) is 37.9 Å². The zero-order chi connectivity index (χ0) is 16.5. The lowest BCUT2D eigenvalue weighted by atomic mass is 9.87. The molecule has 0 bridgehead atoms. The number of benzene rings is 1. The summed E-state index contributed by atoms with van der Waals surface area (Å²) >= 11 is 5.53. The Hall–Kier alpha value is -1.68. The number of thiocarbonyl (C=S) groups is 1. The van der Waals surface area contributed by atoms with Gasteiger partial charge in [-0.05, 0) is 12.5 Å². The maximum absolute atomic E-state index is 11.7. The minimum atomic E-state index is -0.314. The lowest BCUT2D eigenvalue weighted by Crippen LogP contribution is -2.39. The van der Waals surface area contributed by atoms with E-state index in [1.807, 2.05) is 6.92 Å². The molecule has 1 N–H and O–H groups in total. The van der Waals surface area contributed by atoms with Crippen LogP contribution in [0.2, 0.25) is 0 Å². The van der Waals surface area contributed by atoms with Gasteiger partial charge in [0.2, 0.25) is 0 Å². The van der Waals surface area contributed by atoms with Gasteiger partial charge in [-0.2, -0.15) is 0 Å². The third-order valence-electron chi connectivity index (χ3n) is 3.91.